The van der Waals surface area contributed by atoms with Gasteiger partial charge in [0, 0.05) is 25.3 Å². The monoisotopic (exact) mass is 279 g/mol. The van der Waals surface area contributed by atoms with Gasteiger partial charge in [-0.2, -0.15) is 0 Å². The molecule has 1 N–H and O–H groups in total. The van der Waals surface area contributed by atoms with Crippen molar-refractivity contribution in [2.75, 3.05) is 6.54 Å². The lowest BCUT2D eigenvalue weighted by atomic mass is 9.67. The number of rotatable bonds is 2. The molecule has 4 nitrogen and oxygen atoms in total. The van der Waals surface area contributed by atoms with E-state index in [4.69, 9.17) is 0 Å². The number of amides is 2. The van der Waals surface area contributed by atoms with Gasteiger partial charge >= 0.3 is 0 Å². The van der Waals surface area contributed by atoms with E-state index in [-0.39, 0.29) is 29.3 Å². The lowest BCUT2D eigenvalue weighted by molar-refractivity contribution is -0.155. The highest BCUT2D eigenvalue weighted by Crippen LogP contribution is 2.45. The maximum Gasteiger partial charge on any atom is 0.229 e. The Morgan fingerprint density at radius 2 is 1.65 bits per heavy atom. The van der Waals surface area contributed by atoms with Crippen LogP contribution in [0.25, 0.3) is 0 Å². The average Bonchev–Trinajstić information content (AvgIpc) is 2.80. The molecular weight excluding hydrogens is 254 g/mol. The second-order valence-corrected chi connectivity index (χ2v) is 7.07. The number of likely N-dealkylation sites (tertiary alicyclic amines) is 1. The quantitative estimate of drug-likeness (QED) is 0.789. The van der Waals surface area contributed by atoms with Crippen LogP contribution >= 0.6 is 0 Å². The van der Waals surface area contributed by atoms with Crippen LogP contribution in [0.5, 0.6) is 0 Å². The summed E-state index contributed by atoms with van der Waals surface area (Å²) in [6.07, 6.45) is 9.12. The van der Waals surface area contributed by atoms with Gasteiger partial charge in [0.2, 0.25) is 11.8 Å². The summed E-state index contributed by atoms with van der Waals surface area (Å²) in [5.74, 6) is 0.104. The maximum absolute atomic E-state index is 12.4. The predicted molar refractivity (Wildman–Crippen MR) is 74.8 cm³/mol. The Balaban J connectivity index is 1.66. The molecule has 20 heavy (non-hydrogen) atoms. The number of nitrogens with zero attached hydrogens (tertiary/aromatic N) is 1. The second-order valence-electron chi connectivity index (χ2n) is 7.07. The molecular formula is C16H25NO3. The van der Waals surface area contributed by atoms with Crippen LogP contribution in [0.2, 0.25) is 0 Å². The van der Waals surface area contributed by atoms with Crippen molar-refractivity contribution in [3.8, 4) is 0 Å². The number of hydrogen-bond donors (Lipinski definition) is 1. The Labute approximate surface area is 120 Å². The highest BCUT2D eigenvalue weighted by molar-refractivity contribution is 5.98. The van der Waals surface area contributed by atoms with Crippen molar-refractivity contribution in [2.24, 2.45) is 11.3 Å². The zero-order valence-corrected chi connectivity index (χ0v) is 12.1. The molecule has 3 rings (SSSR count). The van der Waals surface area contributed by atoms with E-state index in [2.05, 4.69) is 0 Å². The largest absolute Gasteiger partial charge is 0.393 e. The second kappa shape index (κ2) is 5.47. The molecule has 1 saturated heterocycles. The first kappa shape index (κ1) is 14.1. The molecule has 2 aliphatic carbocycles. The van der Waals surface area contributed by atoms with E-state index in [1.165, 1.54) is 11.3 Å². The standard InChI is InChI=1S/C16H25NO3/c18-13-6-4-5-12(13)11-17-14(19)9-16(10-15(17)20)7-2-1-3-8-16/h12-13,18H,1-11H2. The third-order valence-corrected chi connectivity index (χ3v) is 5.60. The normalized spacial score (nSPS) is 34.0. The van der Waals surface area contributed by atoms with E-state index in [1.54, 1.807) is 0 Å². The van der Waals surface area contributed by atoms with Crippen molar-refractivity contribution in [1.29, 1.82) is 0 Å². The van der Waals surface area contributed by atoms with Crippen LogP contribution in [0, 0.1) is 11.3 Å². The molecule has 3 aliphatic rings. The van der Waals surface area contributed by atoms with E-state index in [0.29, 0.717) is 19.4 Å². The molecule has 112 valence electrons. The van der Waals surface area contributed by atoms with Gasteiger partial charge in [-0.05, 0) is 31.1 Å². The minimum atomic E-state index is -0.332. The molecule has 1 heterocycles. The van der Waals surface area contributed by atoms with Crippen LogP contribution in [0.1, 0.15) is 64.2 Å². The summed E-state index contributed by atoms with van der Waals surface area (Å²) < 4.78 is 0. The van der Waals surface area contributed by atoms with Crippen LogP contribution in [-0.4, -0.2) is 34.5 Å². The lowest BCUT2D eigenvalue weighted by Gasteiger charge is -2.43. The van der Waals surface area contributed by atoms with Crippen LogP contribution in [-0.2, 0) is 9.59 Å². The number of imide groups is 1. The zero-order chi connectivity index (χ0) is 14.2. The molecule has 2 saturated carbocycles. The fourth-order valence-corrected chi connectivity index (χ4v) is 4.36. The number of carbonyl (C=O) groups excluding carboxylic acids is 2. The fraction of sp³-hybridized carbons (Fsp3) is 0.875. The van der Waals surface area contributed by atoms with Crippen molar-refractivity contribution < 1.29 is 14.7 Å². The Bertz CT molecular complexity index is 381. The lowest BCUT2D eigenvalue weighted by Crippen LogP contribution is -2.50. The van der Waals surface area contributed by atoms with Gasteiger partial charge < -0.3 is 5.11 Å². The predicted octanol–water partition coefficient (Wildman–Crippen LogP) is 2.25. The summed E-state index contributed by atoms with van der Waals surface area (Å²) in [7, 11) is 0. The van der Waals surface area contributed by atoms with Gasteiger partial charge in [0.15, 0.2) is 0 Å². The van der Waals surface area contributed by atoms with Crippen molar-refractivity contribution >= 4 is 11.8 Å². The van der Waals surface area contributed by atoms with Crippen molar-refractivity contribution in [3.05, 3.63) is 0 Å². The SMILES string of the molecule is O=C1CC2(CCCCC2)CC(=O)N1CC1CCCC1O. The van der Waals surface area contributed by atoms with Gasteiger partial charge in [-0.25, -0.2) is 0 Å². The van der Waals surface area contributed by atoms with Gasteiger partial charge in [0.05, 0.1) is 6.10 Å². The zero-order valence-electron chi connectivity index (χ0n) is 12.1. The third-order valence-electron chi connectivity index (χ3n) is 5.60. The molecule has 0 radical (unpaired) electrons. The Morgan fingerprint density at radius 3 is 2.20 bits per heavy atom. The number of aliphatic hydroxyl groups excluding tert-OH is 1. The maximum atomic E-state index is 12.4. The minimum Gasteiger partial charge on any atom is -0.393 e. The van der Waals surface area contributed by atoms with Crippen molar-refractivity contribution in [3.63, 3.8) is 0 Å². The van der Waals surface area contributed by atoms with E-state index in [0.717, 1.165) is 44.9 Å². The smallest absolute Gasteiger partial charge is 0.229 e. The van der Waals surface area contributed by atoms with E-state index in [1.807, 2.05) is 0 Å². The van der Waals surface area contributed by atoms with Gasteiger partial charge in [0.25, 0.3) is 0 Å². The highest BCUT2D eigenvalue weighted by atomic mass is 16.3. The van der Waals surface area contributed by atoms with E-state index >= 15 is 0 Å². The number of piperidine rings is 1. The first-order valence-corrected chi connectivity index (χ1v) is 8.11. The van der Waals surface area contributed by atoms with E-state index < -0.39 is 0 Å². The third kappa shape index (κ3) is 2.62. The topological polar surface area (TPSA) is 57.6 Å². The van der Waals surface area contributed by atoms with Crippen LogP contribution < -0.4 is 0 Å². The molecule has 1 aliphatic heterocycles. The van der Waals surface area contributed by atoms with Gasteiger partial charge in [0.1, 0.15) is 0 Å². The summed E-state index contributed by atoms with van der Waals surface area (Å²) in [4.78, 5) is 26.2. The summed E-state index contributed by atoms with van der Waals surface area (Å²) >= 11 is 0. The van der Waals surface area contributed by atoms with Crippen LogP contribution in [0.4, 0.5) is 0 Å². The molecule has 2 atom stereocenters. The molecule has 4 heteroatoms. The van der Waals surface area contributed by atoms with Gasteiger partial charge in [-0.3, -0.25) is 14.5 Å². The highest BCUT2D eigenvalue weighted by Gasteiger charge is 2.44. The Morgan fingerprint density at radius 1 is 1.00 bits per heavy atom. The number of aliphatic hydroxyl groups is 1. The van der Waals surface area contributed by atoms with Crippen LogP contribution in [0.15, 0.2) is 0 Å². The number of carbonyl (C=O) groups is 2. The van der Waals surface area contributed by atoms with Crippen molar-refractivity contribution in [1.82, 2.24) is 4.90 Å². The molecule has 0 bridgehead atoms. The van der Waals surface area contributed by atoms with E-state index in [9.17, 15) is 14.7 Å². The summed E-state index contributed by atoms with van der Waals surface area (Å²) in [6.45, 7) is 0.439. The summed E-state index contributed by atoms with van der Waals surface area (Å²) in [5.41, 5.74) is -0.0305. The average molecular weight is 279 g/mol. The Hall–Kier alpha value is -0.900. The van der Waals surface area contributed by atoms with Crippen LogP contribution in [0.3, 0.4) is 0 Å². The van der Waals surface area contributed by atoms with Gasteiger partial charge in [-0.1, -0.05) is 25.7 Å². The number of hydrogen-bond acceptors (Lipinski definition) is 3. The first-order chi connectivity index (χ1) is 9.60. The molecule has 2 unspecified atom stereocenters. The molecule has 0 aromatic rings. The minimum absolute atomic E-state index is 0.00208. The molecule has 2 amide bonds. The fourth-order valence-electron chi connectivity index (χ4n) is 4.36. The molecule has 0 aromatic carbocycles. The molecule has 1 spiro atoms. The molecule has 0 aromatic heterocycles. The summed E-state index contributed by atoms with van der Waals surface area (Å²) in [5, 5.41) is 9.89. The molecule has 3 fully saturated rings. The Kier molecular flexibility index (Phi) is 3.85. The van der Waals surface area contributed by atoms with Crippen molar-refractivity contribution in [2.45, 2.75) is 70.3 Å². The van der Waals surface area contributed by atoms with Gasteiger partial charge in [-0.15, -0.1) is 0 Å². The first-order valence-electron chi connectivity index (χ1n) is 8.11. The summed E-state index contributed by atoms with van der Waals surface area (Å²) in [6, 6.07) is 0.